The minimum atomic E-state index is -0.224. The molecule has 1 saturated heterocycles. The zero-order valence-corrected chi connectivity index (χ0v) is 18.9. The number of benzene rings is 2. The van der Waals surface area contributed by atoms with E-state index >= 15 is 0 Å². The first-order valence-electron chi connectivity index (χ1n) is 11.1. The lowest BCUT2D eigenvalue weighted by atomic mass is 9.99. The molecule has 166 valence electrons. The largest absolute Gasteiger partial charge is 0.345 e. The summed E-state index contributed by atoms with van der Waals surface area (Å²) in [5.74, 6) is 0.495. The van der Waals surface area contributed by atoms with E-state index in [4.69, 9.17) is 4.98 Å². The molecule has 1 aliphatic heterocycles. The summed E-state index contributed by atoms with van der Waals surface area (Å²) in [7, 11) is 3.47. The number of hydrogen-bond acceptors (Lipinski definition) is 4. The lowest BCUT2D eigenvalue weighted by Gasteiger charge is -2.35. The molecule has 0 N–H and O–H groups in total. The van der Waals surface area contributed by atoms with Crippen molar-refractivity contribution >= 4 is 5.91 Å². The third-order valence-electron chi connectivity index (χ3n) is 6.06. The van der Waals surface area contributed by atoms with Crippen LogP contribution in [0, 0.1) is 12.7 Å². The quantitative estimate of drug-likeness (QED) is 0.568. The van der Waals surface area contributed by atoms with Gasteiger partial charge in [0, 0.05) is 26.8 Å². The number of aryl methyl sites for hydroxylation is 1. The molecule has 0 saturated carbocycles. The van der Waals surface area contributed by atoms with Crippen LogP contribution < -0.4 is 0 Å². The SMILES string of the molecule is Cc1nc([C@H]2CCCCN2Cc2ccc(-c3ccc(F)cc3)cc2)ncc1C(=O)N(C)C. The van der Waals surface area contributed by atoms with Crippen LogP contribution in [0.15, 0.2) is 54.7 Å². The van der Waals surface area contributed by atoms with Crippen molar-refractivity contribution in [3.63, 3.8) is 0 Å². The number of carbonyl (C=O) groups is 1. The molecule has 3 aromatic rings. The van der Waals surface area contributed by atoms with Crippen molar-refractivity contribution in [3.8, 4) is 11.1 Å². The molecule has 1 aromatic heterocycles. The van der Waals surface area contributed by atoms with E-state index in [1.165, 1.54) is 17.7 Å². The maximum absolute atomic E-state index is 13.2. The molecule has 1 amide bonds. The third kappa shape index (κ3) is 4.86. The highest BCUT2D eigenvalue weighted by Gasteiger charge is 2.27. The smallest absolute Gasteiger partial charge is 0.256 e. The normalized spacial score (nSPS) is 16.7. The molecule has 4 rings (SSSR count). The highest BCUT2D eigenvalue weighted by atomic mass is 19.1. The fourth-order valence-electron chi connectivity index (χ4n) is 4.25. The van der Waals surface area contributed by atoms with Crippen LogP contribution in [-0.4, -0.2) is 46.3 Å². The molecule has 2 heterocycles. The molecular weight excluding hydrogens is 403 g/mol. The fourth-order valence-corrected chi connectivity index (χ4v) is 4.25. The van der Waals surface area contributed by atoms with Crippen molar-refractivity contribution < 1.29 is 9.18 Å². The maximum Gasteiger partial charge on any atom is 0.256 e. The monoisotopic (exact) mass is 432 g/mol. The number of piperidine rings is 1. The summed E-state index contributed by atoms with van der Waals surface area (Å²) in [4.78, 5) is 25.6. The predicted molar refractivity (Wildman–Crippen MR) is 124 cm³/mol. The Morgan fingerprint density at radius 3 is 2.34 bits per heavy atom. The van der Waals surface area contributed by atoms with Gasteiger partial charge in [-0.3, -0.25) is 9.69 Å². The van der Waals surface area contributed by atoms with E-state index in [2.05, 4.69) is 34.1 Å². The van der Waals surface area contributed by atoms with Gasteiger partial charge in [0.2, 0.25) is 0 Å². The van der Waals surface area contributed by atoms with Crippen molar-refractivity contribution in [1.29, 1.82) is 0 Å². The second-order valence-electron chi connectivity index (χ2n) is 8.61. The summed E-state index contributed by atoms with van der Waals surface area (Å²) in [6.45, 7) is 3.68. The molecule has 0 radical (unpaired) electrons. The van der Waals surface area contributed by atoms with Crippen LogP contribution in [0.2, 0.25) is 0 Å². The Hall–Kier alpha value is -3.12. The van der Waals surface area contributed by atoms with Gasteiger partial charge in [0.25, 0.3) is 5.91 Å². The summed E-state index contributed by atoms with van der Waals surface area (Å²) in [6.07, 6.45) is 4.98. The molecule has 1 fully saturated rings. The number of halogens is 1. The minimum absolute atomic E-state index is 0.0733. The fraction of sp³-hybridized carbons (Fsp3) is 0.346. The van der Waals surface area contributed by atoms with Gasteiger partial charge in [-0.1, -0.05) is 42.8 Å². The molecule has 0 spiro atoms. The second kappa shape index (κ2) is 9.57. The van der Waals surface area contributed by atoms with Crippen LogP contribution in [0.1, 0.15) is 52.7 Å². The standard InChI is InChI=1S/C26H29FN4O/c1-18-23(26(32)30(2)3)16-28-25(29-18)24-6-4-5-15-31(24)17-19-7-9-20(10-8-19)21-11-13-22(27)14-12-21/h7-14,16,24H,4-6,15,17H2,1-3H3/t24-/m1/s1. The van der Waals surface area contributed by atoms with Crippen LogP contribution in [0.4, 0.5) is 4.39 Å². The Labute approximate surface area is 188 Å². The van der Waals surface area contributed by atoms with Crippen LogP contribution in [-0.2, 0) is 6.54 Å². The first-order chi connectivity index (χ1) is 15.4. The molecule has 2 aromatic carbocycles. The van der Waals surface area contributed by atoms with Gasteiger partial charge in [-0.05, 0) is 55.1 Å². The summed E-state index contributed by atoms with van der Waals surface area (Å²) in [6, 6.07) is 15.2. The molecule has 32 heavy (non-hydrogen) atoms. The summed E-state index contributed by atoms with van der Waals surface area (Å²) in [5.41, 5.74) is 4.58. The van der Waals surface area contributed by atoms with E-state index in [0.29, 0.717) is 5.56 Å². The predicted octanol–water partition coefficient (Wildman–Crippen LogP) is 5.02. The average molecular weight is 433 g/mol. The van der Waals surface area contributed by atoms with E-state index in [0.717, 1.165) is 55.0 Å². The van der Waals surface area contributed by atoms with Crippen molar-refractivity contribution in [1.82, 2.24) is 19.8 Å². The van der Waals surface area contributed by atoms with E-state index in [1.54, 1.807) is 37.3 Å². The van der Waals surface area contributed by atoms with Gasteiger partial charge in [-0.2, -0.15) is 0 Å². The minimum Gasteiger partial charge on any atom is -0.345 e. The Morgan fingerprint density at radius 2 is 1.72 bits per heavy atom. The molecule has 1 atom stereocenters. The zero-order chi connectivity index (χ0) is 22.7. The second-order valence-corrected chi connectivity index (χ2v) is 8.61. The Bertz CT molecular complexity index is 1080. The lowest BCUT2D eigenvalue weighted by Crippen LogP contribution is -2.34. The van der Waals surface area contributed by atoms with Gasteiger partial charge in [-0.25, -0.2) is 14.4 Å². The van der Waals surface area contributed by atoms with Gasteiger partial charge < -0.3 is 4.90 Å². The first-order valence-corrected chi connectivity index (χ1v) is 11.1. The molecule has 1 aliphatic rings. The summed E-state index contributed by atoms with van der Waals surface area (Å²) in [5, 5.41) is 0. The highest BCUT2D eigenvalue weighted by molar-refractivity contribution is 5.94. The van der Waals surface area contributed by atoms with Gasteiger partial charge in [0.15, 0.2) is 0 Å². The van der Waals surface area contributed by atoms with E-state index in [-0.39, 0.29) is 17.8 Å². The van der Waals surface area contributed by atoms with Crippen molar-refractivity contribution in [2.75, 3.05) is 20.6 Å². The van der Waals surface area contributed by atoms with Gasteiger partial charge in [0.05, 0.1) is 17.3 Å². The maximum atomic E-state index is 13.2. The molecular formula is C26H29FN4O. The van der Waals surface area contributed by atoms with Gasteiger partial charge in [0.1, 0.15) is 11.6 Å². The first kappa shape index (κ1) is 22.1. The van der Waals surface area contributed by atoms with Crippen LogP contribution in [0.5, 0.6) is 0 Å². The topological polar surface area (TPSA) is 49.3 Å². The molecule has 0 unspecified atom stereocenters. The number of amides is 1. The Kier molecular flexibility index (Phi) is 6.61. The van der Waals surface area contributed by atoms with E-state index < -0.39 is 0 Å². The third-order valence-corrected chi connectivity index (χ3v) is 6.06. The number of rotatable bonds is 5. The Morgan fingerprint density at radius 1 is 1.06 bits per heavy atom. The molecule has 5 nitrogen and oxygen atoms in total. The Balaban J connectivity index is 1.51. The number of aromatic nitrogens is 2. The molecule has 6 heteroatoms. The van der Waals surface area contributed by atoms with Gasteiger partial charge in [-0.15, -0.1) is 0 Å². The van der Waals surface area contributed by atoms with Gasteiger partial charge >= 0.3 is 0 Å². The van der Waals surface area contributed by atoms with E-state index in [1.807, 2.05) is 6.92 Å². The average Bonchev–Trinajstić information content (AvgIpc) is 2.80. The number of carbonyl (C=O) groups excluding carboxylic acids is 1. The molecule has 0 aliphatic carbocycles. The van der Waals surface area contributed by atoms with Crippen molar-refractivity contribution in [3.05, 3.63) is 83.2 Å². The lowest BCUT2D eigenvalue weighted by molar-refractivity contribution is 0.0825. The zero-order valence-electron chi connectivity index (χ0n) is 18.9. The van der Waals surface area contributed by atoms with Crippen molar-refractivity contribution in [2.24, 2.45) is 0 Å². The van der Waals surface area contributed by atoms with Crippen LogP contribution in [0.25, 0.3) is 11.1 Å². The van der Waals surface area contributed by atoms with Crippen LogP contribution in [0.3, 0.4) is 0 Å². The summed E-state index contributed by atoms with van der Waals surface area (Å²) >= 11 is 0. The summed E-state index contributed by atoms with van der Waals surface area (Å²) < 4.78 is 13.2. The van der Waals surface area contributed by atoms with Crippen molar-refractivity contribution in [2.45, 2.75) is 38.8 Å². The number of nitrogens with zero attached hydrogens (tertiary/aromatic N) is 4. The van der Waals surface area contributed by atoms with E-state index in [9.17, 15) is 9.18 Å². The highest BCUT2D eigenvalue weighted by Crippen LogP contribution is 2.31. The number of hydrogen-bond donors (Lipinski definition) is 0. The number of likely N-dealkylation sites (tertiary alicyclic amines) is 1. The molecule has 0 bridgehead atoms. The van der Waals surface area contributed by atoms with Crippen LogP contribution >= 0.6 is 0 Å².